The highest BCUT2D eigenvalue weighted by Crippen LogP contribution is 2.51. The minimum absolute atomic E-state index is 0. The second kappa shape index (κ2) is 8.17. The van der Waals surface area contributed by atoms with Crippen LogP contribution < -0.4 is 5.73 Å². The van der Waals surface area contributed by atoms with Gasteiger partial charge in [-0.2, -0.15) is 0 Å². The van der Waals surface area contributed by atoms with Gasteiger partial charge in [-0.15, -0.1) is 12.4 Å². The second-order valence-corrected chi connectivity index (χ2v) is 8.27. The Kier molecular flexibility index (Phi) is 5.62. The molecule has 2 N–H and O–H groups in total. The SMILES string of the molecule is Cl.NC[C@@H]1CN(C(=O)C2CC2c2cccc3ccccc23)C[C@H]1c1ccccc1. The summed E-state index contributed by atoms with van der Waals surface area (Å²) in [5.41, 5.74) is 8.68. The normalized spacial score (nSPS) is 25.6. The Morgan fingerprint density at radius 2 is 1.62 bits per heavy atom. The Balaban J connectivity index is 0.00000205. The lowest BCUT2D eigenvalue weighted by molar-refractivity contribution is -0.131. The number of hydrogen-bond donors (Lipinski definition) is 1. The summed E-state index contributed by atoms with van der Waals surface area (Å²) >= 11 is 0. The van der Waals surface area contributed by atoms with Gasteiger partial charge in [-0.3, -0.25) is 4.79 Å². The van der Waals surface area contributed by atoms with Crippen LogP contribution in [-0.4, -0.2) is 30.4 Å². The second-order valence-electron chi connectivity index (χ2n) is 8.27. The zero-order chi connectivity index (χ0) is 19.1. The summed E-state index contributed by atoms with van der Waals surface area (Å²) in [6.07, 6.45) is 0.965. The van der Waals surface area contributed by atoms with E-state index >= 15 is 0 Å². The van der Waals surface area contributed by atoms with Gasteiger partial charge in [0.05, 0.1) is 0 Å². The van der Waals surface area contributed by atoms with Gasteiger partial charge in [0.15, 0.2) is 0 Å². The third-order valence-corrected chi connectivity index (χ3v) is 6.61. The van der Waals surface area contributed by atoms with Gasteiger partial charge < -0.3 is 10.6 Å². The Bertz CT molecular complexity index is 1000. The lowest BCUT2D eigenvalue weighted by atomic mass is 9.89. The molecule has 1 aliphatic carbocycles. The number of likely N-dealkylation sites (tertiary alicyclic amines) is 1. The van der Waals surface area contributed by atoms with E-state index in [9.17, 15) is 4.79 Å². The van der Waals surface area contributed by atoms with E-state index in [0.717, 1.165) is 19.5 Å². The minimum Gasteiger partial charge on any atom is -0.341 e. The van der Waals surface area contributed by atoms with Crippen LogP contribution >= 0.6 is 12.4 Å². The van der Waals surface area contributed by atoms with Gasteiger partial charge in [0.2, 0.25) is 5.91 Å². The number of rotatable bonds is 4. The van der Waals surface area contributed by atoms with Crippen LogP contribution in [0, 0.1) is 11.8 Å². The fraction of sp³-hybridized carbons (Fsp3) is 0.320. The average molecular weight is 407 g/mol. The first-order chi connectivity index (χ1) is 13.8. The molecule has 3 nitrogen and oxygen atoms in total. The zero-order valence-corrected chi connectivity index (χ0v) is 17.2. The standard InChI is InChI=1S/C25H26N2O.ClH/c26-14-19-15-27(16-24(19)18-7-2-1-3-8-18)25(28)23-13-22(23)21-12-6-10-17-9-4-5-11-20(17)21;/h1-12,19,22-24H,13-16,26H2;1H/t19-,22?,23?,24+;/m1./s1. The predicted molar refractivity (Wildman–Crippen MR) is 120 cm³/mol. The molecule has 1 amide bonds. The summed E-state index contributed by atoms with van der Waals surface area (Å²) in [6, 6.07) is 25.5. The van der Waals surface area contributed by atoms with Gasteiger partial charge in [0, 0.05) is 24.9 Å². The molecule has 5 rings (SSSR count). The molecule has 4 atom stereocenters. The fourth-order valence-electron chi connectivity index (χ4n) is 4.99. The molecule has 0 bridgehead atoms. The molecule has 29 heavy (non-hydrogen) atoms. The molecule has 2 fully saturated rings. The van der Waals surface area contributed by atoms with Crippen LogP contribution in [0.25, 0.3) is 10.8 Å². The molecule has 1 heterocycles. The molecule has 150 valence electrons. The van der Waals surface area contributed by atoms with Crippen LogP contribution in [0.2, 0.25) is 0 Å². The van der Waals surface area contributed by atoms with E-state index in [-0.39, 0.29) is 18.3 Å². The molecule has 4 heteroatoms. The highest BCUT2D eigenvalue weighted by Gasteiger charge is 2.48. The van der Waals surface area contributed by atoms with E-state index in [1.165, 1.54) is 21.9 Å². The van der Waals surface area contributed by atoms with Crippen molar-refractivity contribution in [3.8, 4) is 0 Å². The lowest BCUT2D eigenvalue weighted by Crippen LogP contribution is -2.31. The van der Waals surface area contributed by atoms with E-state index in [2.05, 4.69) is 71.6 Å². The Labute approximate surface area is 178 Å². The molecular weight excluding hydrogens is 380 g/mol. The van der Waals surface area contributed by atoms with E-state index in [1.54, 1.807) is 0 Å². The van der Waals surface area contributed by atoms with Crippen LogP contribution in [0.15, 0.2) is 72.8 Å². The monoisotopic (exact) mass is 406 g/mol. The van der Waals surface area contributed by atoms with Gasteiger partial charge in [-0.1, -0.05) is 72.8 Å². The molecule has 0 radical (unpaired) electrons. The topological polar surface area (TPSA) is 46.3 Å². The van der Waals surface area contributed by atoms with Crippen LogP contribution in [-0.2, 0) is 4.79 Å². The van der Waals surface area contributed by atoms with Crippen LogP contribution in [0.5, 0.6) is 0 Å². The highest BCUT2D eigenvalue weighted by atomic mass is 35.5. The molecular formula is C25H27ClN2O. The minimum atomic E-state index is 0. The number of halogens is 1. The van der Waals surface area contributed by atoms with Crippen LogP contribution in [0.1, 0.15) is 29.4 Å². The molecule has 2 unspecified atom stereocenters. The number of nitrogens with two attached hydrogens (primary N) is 1. The van der Waals surface area contributed by atoms with Gasteiger partial charge in [0.1, 0.15) is 0 Å². The lowest BCUT2D eigenvalue weighted by Gasteiger charge is -2.17. The fourth-order valence-corrected chi connectivity index (χ4v) is 4.99. The molecule has 0 spiro atoms. The van der Waals surface area contributed by atoms with Crippen molar-refractivity contribution in [1.82, 2.24) is 4.90 Å². The molecule has 0 aromatic heterocycles. The van der Waals surface area contributed by atoms with Crippen molar-refractivity contribution in [2.24, 2.45) is 17.6 Å². The Hall–Kier alpha value is -2.36. The number of fused-ring (bicyclic) bond motifs is 1. The number of nitrogens with zero attached hydrogens (tertiary/aromatic N) is 1. The van der Waals surface area contributed by atoms with Crippen LogP contribution in [0.4, 0.5) is 0 Å². The third kappa shape index (κ3) is 3.65. The summed E-state index contributed by atoms with van der Waals surface area (Å²) < 4.78 is 0. The Morgan fingerprint density at radius 1 is 0.897 bits per heavy atom. The van der Waals surface area contributed by atoms with Crippen molar-refractivity contribution in [2.45, 2.75) is 18.3 Å². The van der Waals surface area contributed by atoms with Crippen molar-refractivity contribution in [3.63, 3.8) is 0 Å². The van der Waals surface area contributed by atoms with Gasteiger partial charge in [-0.05, 0) is 46.7 Å². The van der Waals surface area contributed by atoms with E-state index < -0.39 is 0 Å². The number of carbonyl (C=O) groups is 1. The molecule has 1 aliphatic heterocycles. The first kappa shape index (κ1) is 19.9. The number of benzene rings is 3. The Morgan fingerprint density at radius 3 is 2.41 bits per heavy atom. The van der Waals surface area contributed by atoms with Crippen molar-refractivity contribution in [1.29, 1.82) is 0 Å². The van der Waals surface area contributed by atoms with E-state index in [1.807, 2.05) is 6.07 Å². The summed E-state index contributed by atoms with van der Waals surface area (Å²) in [5.74, 6) is 1.49. The number of carbonyl (C=O) groups excluding carboxylic acids is 1. The molecule has 1 saturated heterocycles. The third-order valence-electron chi connectivity index (χ3n) is 6.61. The summed E-state index contributed by atoms with van der Waals surface area (Å²) in [5, 5.41) is 2.54. The highest BCUT2D eigenvalue weighted by molar-refractivity contribution is 5.89. The smallest absolute Gasteiger partial charge is 0.226 e. The quantitative estimate of drug-likeness (QED) is 0.690. The van der Waals surface area contributed by atoms with E-state index in [4.69, 9.17) is 5.73 Å². The van der Waals surface area contributed by atoms with Crippen molar-refractivity contribution < 1.29 is 4.79 Å². The van der Waals surface area contributed by atoms with E-state index in [0.29, 0.717) is 30.2 Å². The summed E-state index contributed by atoms with van der Waals surface area (Å²) in [4.78, 5) is 15.3. The first-order valence-electron chi connectivity index (χ1n) is 10.3. The summed E-state index contributed by atoms with van der Waals surface area (Å²) in [7, 11) is 0. The zero-order valence-electron chi connectivity index (χ0n) is 16.4. The van der Waals surface area contributed by atoms with Gasteiger partial charge in [0.25, 0.3) is 0 Å². The first-order valence-corrected chi connectivity index (χ1v) is 10.3. The largest absolute Gasteiger partial charge is 0.341 e. The maximum atomic E-state index is 13.3. The van der Waals surface area contributed by atoms with Crippen molar-refractivity contribution >= 4 is 29.1 Å². The molecule has 3 aromatic rings. The number of amides is 1. The maximum absolute atomic E-state index is 13.3. The average Bonchev–Trinajstić information content (AvgIpc) is 3.43. The number of hydrogen-bond acceptors (Lipinski definition) is 2. The molecule has 2 aliphatic rings. The molecule has 3 aromatic carbocycles. The maximum Gasteiger partial charge on any atom is 0.226 e. The summed E-state index contributed by atoms with van der Waals surface area (Å²) in [6.45, 7) is 2.21. The van der Waals surface area contributed by atoms with Gasteiger partial charge in [-0.25, -0.2) is 0 Å². The van der Waals surface area contributed by atoms with Crippen molar-refractivity contribution in [3.05, 3.63) is 83.9 Å². The predicted octanol–water partition coefficient (Wildman–Crippen LogP) is 4.57. The molecule has 1 saturated carbocycles. The van der Waals surface area contributed by atoms with Crippen molar-refractivity contribution in [2.75, 3.05) is 19.6 Å². The van der Waals surface area contributed by atoms with Crippen LogP contribution in [0.3, 0.4) is 0 Å². The van der Waals surface area contributed by atoms with Gasteiger partial charge >= 0.3 is 0 Å².